The van der Waals surface area contributed by atoms with Gasteiger partial charge in [-0.2, -0.15) is 0 Å². The highest BCUT2D eigenvalue weighted by Crippen LogP contribution is 2.38. The molecule has 27 heavy (non-hydrogen) atoms. The second-order valence-corrected chi connectivity index (χ2v) is 6.07. The number of benzene rings is 2. The van der Waals surface area contributed by atoms with Crippen molar-refractivity contribution in [2.24, 2.45) is 0 Å². The van der Waals surface area contributed by atoms with Crippen LogP contribution in [0, 0.1) is 5.82 Å². The number of aromatic nitrogens is 1. The van der Waals surface area contributed by atoms with Crippen LogP contribution in [0.3, 0.4) is 0 Å². The summed E-state index contributed by atoms with van der Waals surface area (Å²) in [6, 6.07) is 10.1. The van der Waals surface area contributed by atoms with E-state index in [0.717, 1.165) is 13.2 Å². The number of hydrogen-bond donors (Lipinski definition) is 1. The SMILES string of the molecule is COC(=O)c1c(-c2c(Cl)cccc2Cl)noc1NC(=O)c1ccccc1F. The molecule has 0 bridgehead atoms. The number of halogens is 3. The molecule has 6 nitrogen and oxygen atoms in total. The van der Waals surface area contributed by atoms with Crippen molar-refractivity contribution in [3.05, 3.63) is 69.5 Å². The van der Waals surface area contributed by atoms with E-state index < -0.39 is 17.7 Å². The molecular formula is C18H11Cl2FN2O4. The molecule has 3 rings (SSSR count). The van der Waals surface area contributed by atoms with Gasteiger partial charge in [0.1, 0.15) is 11.5 Å². The maximum absolute atomic E-state index is 13.8. The van der Waals surface area contributed by atoms with E-state index in [1.165, 1.54) is 18.2 Å². The fraction of sp³-hybridized carbons (Fsp3) is 0.0556. The Morgan fingerprint density at radius 3 is 2.41 bits per heavy atom. The van der Waals surface area contributed by atoms with Crippen molar-refractivity contribution in [2.45, 2.75) is 0 Å². The summed E-state index contributed by atoms with van der Waals surface area (Å²) in [5.41, 5.74) is -0.211. The number of ether oxygens (including phenoxy) is 1. The van der Waals surface area contributed by atoms with Gasteiger partial charge in [-0.15, -0.1) is 0 Å². The first-order valence-electron chi connectivity index (χ1n) is 7.52. The fourth-order valence-corrected chi connectivity index (χ4v) is 2.95. The Kier molecular flexibility index (Phi) is 5.43. The van der Waals surface area contributed by atoms with E-state index in [2.05, 4.69) is 10.5 Å². The first-order valence-corrected chi connectivity index (χ1v) is 8.28. The van der Waals surface area contributed by atoms with Crippen LogP contribution in [0.2, 0.25) is 10.0 Å². The van der Waals surface area contributed by atoms with Crippen LogP contribution in [-0.4, -0.2) is 24.1 Å². The Morgan fingerprint density at radius 2 is 1.78 bits per heavy atom. The van der Waals surface area contributed by atoms with Gasteiger partial charge in [-0.3, -0.25) is 10.1 Å². The maximum atomic E-state index is 13.8. The van der Waals surface area contributed by atoms with Crippen LogP contribution in [0.4, 0.5) is 10.3 Å². The summed E-state index contributed by atoms with van der Waals surface area (Å²) in [5.74, 6) is -2.72. The number of nitrogens with one attached hydrogen (secondary N) is 1. The van der Waals surface area contributed by atoms with Crippen LogP contribution < -0.4 is 5.32 Å². The van der Waals surface area contributed by atoms with Gasteiger partial charge in [0.05, 0.1) is 22.7 Å². The van der Waals surface area contributed by atoms with Crippen molar-refractivity contribution < 1.29 is 23.2 Å². The highest BCUT2D eigenvalue weighted by molar-refractivity contribution is 6.39. The predicted octanol–water partition coefficient (Wildman–Crippen LogP) is 4.83. The van der Waals surface area contributed by atoms with Crippen molar-refractivity contribution in [2.75, 3.05) is 12.4 Å². The molecule has 0 aliphatic carbocycles. The summed E-state index contributed by atoms with van der Waals surface area (Å²) in [4.78, 5) is 24.6. The van der Waals surface area contributed by atoms with E-state index in [1.807, 2.05) is 0 Å². The van der Waals surface area contributed by atoms with Crippen LogP contribution in [0.25, 0.3) is 11.3 Å². The molecule has 1 heterocycles. The van der Waals surface area contributed by atoms with Gasteiger partial charge in [0.25, 0.3) is 5.91 Å². The van der Waals surface area contributed by atoms with E-state index in [9.17, 15) is 14.0 Å². The monoisotopic (exact) mass is 408 g/mol. The molecule has 9 heteroatoms. The van der Waals surface area contributed by atoms with Crippen LogP contribution in [0.5, 0.6) is 0 Å². The Hall–Kier alpha value is -2.90. The molecule has 0 radical (unpaired) electrons. The number of nitrogens with zero attached hydrogens (tertiary/aromatic N) is 1. The third-order valence-electron chi connectivity index (χ3n) is 3.63. The molecule has 1 aromatic heterocycles. The number of carbonyl (C=O) groups excluding carboxylic acids is 2. The van der Waals surface area contributed by atoms with E-state index >= 15 is 0 Å². The molecule has 0 unspecified atom stereocenters. The van der Waals surface area contributed by atoms with Crippen molar-refractivity contribution in [3.8, 4) is 11.3 Å². The minimum Gasteiger partial charge on any atom is -0.465 e. The molecule has 0 saturated carbocycles. The first kappa shape index (κ1) is 18.9. The van der Waals surface area contributed by atoms with Crippen LogP contribution >= 0.6 is 23.2 Å². The number of carbonyl (C=O) groups is 2. The van der Waals surface area contributed by atoms with Crippen molar-refractivity contribution in [1.29, 1.82) is 0 Å². The lowest BCUT2D eigenvalue weighted by molar-refractivity contribution is 0.0602. The second-order valence-electron chi connectivity index (χ2n) is 5.26. The zero-order chi connectivity index (χ0) is 19.6. The molecule has 0 atom stereocenters. The number of amides is 1. The van der Waals surface area contributed by atoms with Gasteiger partial charge in [-0.25, -0.2) is 9.18 Å². The summed E-state index contributed by atoms with van der Waals surface area (Å²) < 4.78 is 23.6. The molecule has 0 fully saturated rings. The number of rotatable bonds is 4. The van der Waals surface area contributed by atoms with Crippen molar-refractivity contribution >= 4 is 41.0 Å². The van der Waals surface area contributed by atoms with Gasteiger partial charge in [0.15, 0.2) is 5.56 Å². The average Bonchev–Trinajstić information content (AvgIpc) is 3.04. The molecule has 0 aliphatic rings. The normalized spacial score (nSPS) is 10.5. The third-order valence-corrected chi connectivity index (χ3v) is 4.26. The minimum atomic E-state index is -0.842. The zero-order valence-corrected chi connectivity index (χ0v) is 15.3. The van der Waals surface area contributed by atoms with E-state index in [4.69, 9.17) is 32.5 Å². The topological polar surface area (TPSA) is 81.4 Å². The van der Waals surface area contributed by atoms with E-state index in [0.29, 0.717) is 0 Å². The lowest BCUT2D eigenvalue weighted by atomic mass is 10.1. The van der Waals surface area contributed by atoms with Gasteiger partial charge in [-0.05, 0) is 24.3 Å². The summed E-state index contributed by atoms with van der Waals surface area (Å²) in [5, 5.41) is 6.54. The van der Waals surface area contributed by atoms with E-state index in [-0.39, 0.29) is 38.3 Å². The number of esters is 1. The molecule has 1 N–H and O–H groups in total. The Bertz CT molecular complexity index is 1020. The maximum Gasteiger partial charge on any atom is 0.345 e. The van der Waals surface area contributed by atoms with Gasteiger partial charge in [-0.1, -0.05) is 46.6 Å². The van der Waals surface area contributed by atoms with Gasteiger partial charge >= 0.3 is 5.97 Å². The zero-order valence-electron chi connectivity index (χ0n) is 13.8. The molecule has 1 amide bonds. The summed E-state index contributed by atoms with van der Waals surface area (Å²) in [6.45, 7) is 0. The lowest BCUT2D eigenvalue weighted by Gasteiger charge is -2.07. The molecule has 3 aromatic rings. The Balaban J connectivity index is 2.08. The van der Waals surface area contributed by atoms with Crippen molar-refractivity contribution in [3.63, 3.8) is 0 Å². The number of hydrogen-bond acceptors (Lipinski definition) is 5. The molecule has 0 saturated heterocycles. The van der Waals surface area contributed by atoms with Crippen LogP contribution in [0.1, 0.15) is 20.7 Å². The standard InChI is InChI=1S/C18H11Cl2FN2O4/c1-26-18(25)14-15(13-10(19)6-4-7-11(13)20)23-27-17(14)22-16(24)9-5-2-3-8-12(9)21/h2-8H,1H3,(H,22,24). The van der Waals surface area contributed by atoms with Gasteiger partial charge in [0.2, 0.25) is 5.88 Å². The molecule has 0 spiro atoms. The minimum absolute atomic E-state index is 0.0127. The smallest absolute Gasteiger partial charge is 0.345 e. The second kappa shape index (κ2) is 7.77. The molecular weight excluding hydrogens is 398 g/mol. The number of methoxy groups -OCH3 is 1. The average molecular weight is 409 g/mol. The Morgan fingerprint density at radius 1 is 1.11 bits per heavy atom. The van der Waals surface area contributed by atoms with Crippen molar-refractivity contribution in [1.82, 2.24) is 5.16 Å². The Labute approximate surface area is 162 Å². The quantitative estimate of drug-likeness (QED) is 0.625. The largest absolute Gasteiger partial charge is 0.465 e. The summed E-state index contributed by atoms with van der Waals surface area (Å²) in [7, 11) is 1.15. The van der Waals surface area contributed by atoms with Gasteiger partial charge < -0.3 is 9.26 Å². The summed E-state index contributed by atoms with van der Waals surface area (Å²) in [6.07, 6.45) is 0. The highest BCUT2D eigenvalue weighted by atomic mass is 35.5. The van der Waals surface area contributed by atoms with Crippen LogP contribution in [0.15, 0.2) is 47.0 Å². The fourth-order valence-electron chi connectivity index (χ4n) is 2.38. The number of anilines is 1. The first-order chi connectivity index (χ1) is 12.9. The molecule has 138 valence electrons. The summed E-state index contributed by atoms with van der Waals surface area (Å²) >= 11 is 12.3. The predicted molar refractivity (Wildman–Crippen MR) is 97.7 cm³/mol. The molecule has 0 aliphatic heterocycles. The third kappa shape index (κ3) is 3.65. The molecule has 2 aromatic carbocycles. The highest BCUT2D eigenvalue weighted by Gasteiger charge is 2.29. The van der Waals surface area contributed by atoms with E-state index in [1.54, 1.807) is 18.2 Å². The lowest BCUT2D eigenvalue weighted by Crippen LogP contribution is -2.16. The van der Waals surface area contributed by atoms with Gasteiger partial charge in [0, 0.05) is 5.56 Å². The van der Waals surface area contributed by atoms with Crippen LogP contribution in [-0.2, 0) is 4.74 Å².